The molecule has 3 heteroatoms. The van der Waals surface area contributed by atoms with Crippen LogP contribution in [0.15, 0.2) is 54.1 Å². The lowest BCUT2D eigenvalue weighted by molar-refractivity contribution is -0.0543. The maximum absolute atomic E-state index is 12.2. The highest BCUT2D eigenvalue weighted by Gasteiger charge is 2.35. The van der Waals surface area contributed by atoms with Crippen LogP contribution in [-0.4, -0.2) is 24.8 Å². The molecule has 0 bridgehead atoms. The molecule has 0 amide bonds. The van der Waals surface area contributed by atoms with Gasteiger partial charge in [0.1, 0.15) is 6.61 Å². The van der Waals surface area contributed by atoms with Gasteiger partial charge in [-0.2, -0.15) is 0 Å². The fourth-order valence-electron chi connectivity index (χ4n) is 2.35. The Morgan fingerprint density at radius 3 is 2.48 bits per heavy atom. The maximum atomic E-state index is 12.2. The summed E-state index contributed by atoms with van der Waals surface area (Å²) in [5, 5.41) is 0. The van der Waals surface area contributed by atoms with Crippen molar-refractivity contribution in [2.45, 2.75) is 39.7 Å². The molecule has 0 spiro atoms. The van der Waals surface area contributed by atoms with Crippen LogP contribution in [0, 0.1) is 5.41 Å². The van der Waals surface area contributed by atoms with Gasteiger partial charge in [-0.05, 0) is 46.2 Å². The lowest BCUT2D eigenvalue weighted by Gasteiger charge is -2.38. The fraction of sp³-hybridized carbons (Fsp3) is 0.450. The standard InChI is InChI=1S/C20H26O3/c1-16(2)10-11-20(13-12-19(3,4)23-15-20)14-22-18(21)17-8-6-5-7-9-17/h5-10,12-13H,11,14-15H2,1-4H3. The Bertz CT molecular complexity index is 595. The van der Waals surface area contributed by atoms with Crippen molar-refractivity contribution < 1.29 is 14.3 Å². The van der Waals surface area contributed by atoms with Gasteiger partial charge in [-0.1, -0.05) is 42.0 Å². The fourth-order valence-corrected chi connectivity index (χ4v) is 2.35. The molecular formula is C20H26O3. The summed E-state index contributed by atoms with van der Waals surface area (Å²) in [4.78, 5) is 12.2. The molecule has 1 atom stereocenters. The average Bonchev–Trinajstić information content (AvgIpc) is 2.54. The monoisotopic (exact) mass is 314 g/mol. The number of hydrogen-bond acceptors (Lipinski definition) is 3. The molecule has 0 radical (unpaired) electrons. The van der Waals surface area contributed by atoms with Crippen molar-refractivity contribution in [1.82, 2.24) is 0 Å². The van der Waals surface area contributed by atoms with Crippen LogP contribution in [0.1, 0.15) is 44.5 Å². The van der Waals surface area contributed by atoms with E-state index in [1.807, 2.05) is 32.0 Å². The number of esters is 1. The molecule has 124 valence electrons. The highest BCUT2D eigenvalue weighted by molar-refractivity contribution is 5.89. The molecule has 1 aromatic carbocycles. The van der Waals surface area contributed by atoms with Gasteiger partial charge in [0, 0.05) is 5.41 Å². The van der Waals surface area contributed by atoms with Crippen molar-refractivity contribution in [1.29, 1.82) is 0 Å². The normalized spacial score (nSPS) is 22.4. The van der Waals surface area contributed by atoms with Gasteiger partial charge in [0.15, 0.2) is 0 Å². The quantitative estimate of drug-likeness (QED) is 0.591. The number of carbonyl (C=O) groups excluding carboxylic acids is 1. The summed E-state index contributed by atoms with van der Waals surface area (Å²) in [6.07, 6.45) is 7.17. The van der Waals surface area contributed by atoms with Crippen LogP contribution in [-0.2, 0) is 9.47 Å². The SMILES string of the molecule is CC(C)=CCC1(COC(=O)c2ccccc2)C=CC(C)(C)OC1. The highest BCUT2D eigenvalue weighted by atomic mass is 16.5. The molecule has 1 heterocycles. The van der Waals surface area contributed by atoms with Crippen LogP contribution in [0.2, 0.25) is 0 Å². The van der Waals surface area contributed by atoms with E-state index in [0.717, 1.165) is 6.42 Å². The van der Waals surface area contributed by atoms with Crippen LogP contribution in [0.25, 0.3) is 0 Å². The van der Waals surface area contributed by atoms with Crippen LogP contribution < -0.4 is 0 Å². The predicted octanol–water partition coefficient (Wildman–Crippen LogP) is 4.55. The van der Waals surface area contributed by atoms with Crippen molar-refractivity contribution >= 4 is 5.97 Å². The first kappa shape index (κ1) is 17.5. The van der Waals surface area contributed by atoms with Gasteiger partial charge < -0.3 is 9.47 Å². The third-order valence-corrected chi connectivity index (χ3v) is 3.99. The van der Waals surface area contributed by atoms with Crippen LogP contribution in [0.3, 0.4) is 0 Å². The van der Waals surface area contributed by atoms with Crippen molar-refractivity contribution in [3.63, 3.8) is 0 Å². The van der Waals surface area contributed by atoms with Gasteiger partial charge in [0.2, 0.25) is 0 Å². The van der Waals surface area contributed by atoms with Crippen LogP contribution in [0.5, 0.6) is 0 Å². The van der Waals surface area contributed by atoms with Gasteiger partial charge in [0.25, 0.3) is 0 Å². The van der Waals surface area contributed by atoms with E-state index in [1.165, 1.54) is 5.57 Å². The highest BCUT2D eigenvalue weighted by Crippen LogP contribution is 2.34. The minimum atomic E-state index is -0.294. The molecule has 0 fully saturated rings. The van der Waals surface area contributed by atoms with E-state index in [4.69, 9.17) is 9.47 Å². The zero-order valence-corrected chi connectivity index (χ0v) is 14.5. The first-order valence-electron chi connectivity index (χ1n) is 8.02. The molecule has 1 aromatic rings. The molecule has 1 unspecified atom stereocenters. The number of benzene rings is 1. The van der Waals surface area contributed by atoms with E-state index in [9.17, 15) is 4.79 Å². The molecule has 0 saturated heterocycles. The molecule has 3 nitrogen and oxygen atoms in total. The van der Waals surface area contributed by atoms with E-state index in [-0.39, 0.29) is 17.0 Å². The molecule has 23 heavy (non-hydrogen) atoms. The largest absolute Gasteiger partial charge is 0.461 e. The van der Waals surface area contributed by atoms with Gasteiger partial charge in [-0.15, -0.1) is 0 Å². The molecule has 2 rings (SSSR count). The first-order valence-corrected chi connectivity index (χ1v) is 8.02. The summed E-state index contributed by atoms with van der Waals surface area (Å²) in [7, 11) is 0. The summed E-state index contributed by atoms with van der Waals surface area (Å²) >= 11 is 0. The number of allylic oxidation sites excluding steroid dienone is 2. The molecule has 0 saturated carbocycles. The average molecular weight is 314 g/mol. The Morgan fingerprint density at radius 1 is 1.22 bits per heavy atom. The Balaban J connectivity index is 2.10. The van der Waals surface area contributed by atoms with Gasteiger partial charge in [0.05, 0.1) is 17.8 Å². The molecular weight excluding hydrogens is 288 g/mol. The Morgan fingerprint density at radius 2 is 1.91 bits per heavy atom. The molecule has 0 aromatic heterocycles. The van der Waals surface area contributed by atoms with E-state index in [2.05, 4.69) is 32.1 Å². The Kier molecular flexibility index (Phi) is 5.42. The van der Waals surface area contributed by atoms with E-state index in [1.54, 1.807) is 12.1 Å². The molecule has 0 N–H and O–H groups in total. The van der Waals surface area contributed by atoms with Crippen LogP contribution in [0.4, 0.5) is 0 Å². The van der Waals surface area contributed by atoms with Crippen molar-refractivity contribution in [3.05, 3.63) is 59.7 Å². The van der Waals surface area contributed by atoms with Crippen molar-refractivity contribution in [2.24, 2.45) is 5.41 Å². The zero-order chi connectivity index (χ0) is 16.9. The third kappa shape index (κ3) is 5.07. The summed E-state index contributed by atoms with van der Waals surface area (Å²) in [6.45, 7) is 9.07. The summed E-state index contributed by atoms with van der Waals surface area (Å²) in [6, 6.07) is 9.08. The number of rotatable bonds is 5. The number of carbonyl (C=O) groups is 1. The Hall–Kier alpha value is -1.87. The lowest BCUT2D eigenvalue weighted by Crippen LogP contribution is -2.40. The molecule has 0 aliphatic carbocycles. The second-order valence-corrected chi connectivity index (χ2v) is 7.02. The second kappa shape index (κ2) is 7.14. The number of hydrogen-bond donors (Lipinski definition) is 0. The minimum absolute atomic E-state index is 0.266. The van der Waals surface area contributed by atoms with E-state index < -0.39 is 0 Å². The number of ether oxygens (including phenoxy) is 2. The summed E-state index contributed by atoms with van der Waals surface area (Å²) in [5.41, 5.74) is 1.26. The third-order valence-electron chi connectivity index (χ3n) is 3.99. The van der Waals surface area contributed by atoms with Gasteiger partial charge >= 0.3 is 5.97 Å². The molecule has 1 aliphatic heterocycles. The van der Waals surface area contributed by atoms with Gasteiger partial charge in [-0.3, -0.25) is 0 Å². The smallest absolute Gasteiger partial charge is 0.338 e. The lowest BCUT2D eigenvalue weighted by atomic mass is 9.81. The maximum Gasteiger partial charge on any atom is 0.338 e. The van der Waals surface area contributed by atoms with Crippen molar-refractivity contribution in [3.8, 4) is 0 Å². The second-order valence-electron chi connectivity index (χ2n) is 7.02. The molecule has 1 aliphatic rings. The van der Waals surface area contributed by atoms with E-state index in [0.29, 0.717) is 18.8 Å². The van der Waals surface area contributed by atoms with Gasteiger partial charge in [-0.25, -0.2) is 4.79 Å². The predicted molar refractivity (Wildman–Crippen MR) is 92.4 cm³/mol. The van der Waals surface area contributed by atoms with Crippen molar-refractivity contribution in [2.75, 3.05) is 13.2 Å². The topological polar surface area (TPSA) is 35.5 Å². The minimum Gasteiger partial charge on any atom is -0.461 e. The first-order chi connectivity index (χ1) is 10.8. The van der Waals surface area contributed by atoms with Crippen LogP contribution >= 0.6 is 0 Å². The Labute approximate surface area is 139 Å². The van der Waals surface area contributed by atoms with E-state index >= 15 is 0 Å². The summed E-state index contributed by atoms with van der Waals surface area (Å²) in [5.74, 6) is -0.291. The zero-order valence-electron chi connectivity index (χ0n) is 14.5. The summed E-state index contributed by atoms with van der Waals surface area (Å²) < 4.78 is 11.5.